The molecule has 0 saturated heterocycles. The molecule has 2 aromatic rings. The van der Waals surface area contributed by atoms with Crippen LogP contribution in [0.1, 0.15) is 36.5 Å². The van der Waals surface area contributed by atoms with Crippen LogP contribution in [-0.4, -0.2) is 59.5 Å². The standard InChI is InChI=1S/C22H29FN6O5/c1-3-16(27-22(31)32)18(12-4-5-12)28-21-15(23)11-14(19(24)30)20(29-21)26-13-6-7-25-17(10-13)34-9-8-33-2/h6-7,10-12,16,18,27H,3-5,8-9H2,1-2H3,(H2,24,30)(H,31,32)(H2,25,26,28,29)/t16-,18-/m0/s1. The quantitative estimate of drug-likeness (QED) is 0.274. The molecular weight excluding hydrogens is 447 g/mol. The number of methoxy groups -OCH3 is 1. The number of nitrogens with one attached hydrogen (secondary N) is 3. The van der Waals surface area contributed by atoms with Gasteiger partial charge in [0, 0.05) is 25.1 Å². The van der Waals surface area contributed by atoms with Gasteiger partial charge in [-0.15, -0.1) is 0 Å². The van der Waals surface area contributed by atoms with Crippen LogP contribution in [0.4, 0.5) is 26.5 Å². The van der Waals surface area contributed by atoms with Crippen LogP contribution in [0.15, 0.2) is 24.4 Å². The fraction of sp³-hybridized carbons (Fsp3) is 0.455. The summed E-state index contributed by atoms with van der Waals surface area (Å²) in [5, 5.41) is 17.7. The number of amides is 2. The van der Waals surface area contributed by atoms with Crippen LogP contribution in [0.2, 0.25) is 0 Å². The molecule has 2 amide bonds. The molecule has 0 bridgehead atoms. The number of rotatable bonds is 13. The first-order chi connectivity index (χ1) is 16.3. The van der Waals surface area contributed by atoms with E-state index in [1.165, 1.54) is 6.20 Å². The largest absolute Gasteiger partial charge is 0.475 e. The van der Waals surface area contributed by atoms with E-state index in [0.29, 0.717) is 31.2 Å². The van der Waals surface area contributed by atoms with Crippen molar-refractivity contribution in [1.29, 1.82) is 0 Å². The molecular formula is C22H29FN6O5. The van der Waals surface area contributed by atoms with Gasteiger partial charge in [-0.05, 0) is 37.3 Å². The number of aromatic nitrogens is 2. The van der Waals surface area contributed by atoms with Crippen molar-refractivity contribution in [2.45, 2.75) is 38.3 Å². The van der Waals surface area contributed by atoms with Gasteiger partial charge in [0.25, 0.3) is 5.91 Å². The second-order valence-corrected chi connectivity index (χ2v) is 7.90. The van der Waals surface area contributed by atoms with Gasteiger partial charge in [0.2, 0.25) is 5.88 Å². The monoisotopic (exact) mass is 476 g/mol. The fourth-order valence-electron chi connectivity index (χ4n) is 3.57. The molecule has 0 aromatic carbocycles. The number of carbonyl (C=O) groups excluding carboxylic acids is 1. The van der Waals surface area contributed by atoms with Crippen LogP contribution >= 0.6 is 0 Å². The molecule has 34 heavy (non-hydrogen) atoms. The predicted octanol–water partition coefficient (Wildman–Crippen LogP) is 2.72. The van der Waals surface area contributed by atoms with E-state index in [2.05, 4.69) is 25.9 Å². The second-order valence-electron chi connectivity index (χ2n) is 7.90. The van der Waals surface area contributed by atoms with Gasteiger partial charge in [0.15, 0.2) is 11.6 Å². The number of anilines is 3. The summed E-state index contributed by atoms with van der Waals surface area (Å²) in [7, 11) is 1.56. The number of hydrogen-bond acceptors (Lipinski definition) is 8. The van der Waals surface area contributed by atoms with Gasteiger partial charge in [-0.2, -0.15) is 0 Å². The third kappa shape index (κ3) is 6.67. The molecule has 1 saturated carbocycles. The number of pyridine rings is 2. The van der Waals surface area contributed by atoms with Crippen LogP contribution in [0.25, 0.3) is 0 Å². The molecule has 0 aliphatic heterocycles. The Labute approximate surface area is 196 Å². The van der Waals surface area contributed by atoms with Crippen LogP contribution in [-0.2, 0) is 4.74 Å². The fourth-order valence-corrected chi connectivity index (χ4v) is 3.57. The number of halogens is 1. The average molecular weight is 477 g/mol. The zero-order valence-electron chi connectivity index (χ0n) is 19.0. The molecule has 184 valence electrons. The van der Waals surface area contributed by atoms with Crippen LogP contribution in [0.3, 0.4) is 0 Å². The van der Waals surface area contributed by atoms with E-state index < -0.39 is 23.9 Å². The number of carbonyl (C=O) groups is 2. The highest BCUT2D eigenvalue weighted by molar-refractivity contribution is 5.98. The van der Waals surface area contributed by atoms with Crippen molar-refractivity contribution in [2.75, 3.05) is 31.0 Å². The molecule has 3 rings (SSSR count). The minimum Gasteiger partial charge on any atom is -0.475 e. The number of primary amides is 1. The summed E-state index contributed by atoms with van der Waals surface area (Å²) in [5.74, 6) is -1.20. The van der Waals surface area contributed by atoms with E-state index >= 15 is 0 Å². The van der Waals surface area contributed by atoms with Crippen molar-refractivity contribution < 1.29 is 28.6 Å². The van der Waals surface area contributed by atoms with Gasteiger partial charge >= 0.3 is 6.09 Å². The highest BCUT2D eigenvalue weighted by Gasteiger charge is 2.37. The molecule has 6 N–H and O–H groups in total. The van der Waals surface area contributed by atoms with E-state index in [1.54, 1.807) is 19.2 Å². The van der Waals surface area contributed by atoms with E-state index in [4.69, 9.17) is 15.2 Å². The molecule has 1 aliphatic rings. The van der Waals surface area contributed by atoms with Crippen molar-refractivity contribution >= 4 is 29.3 Å². The van der Waals surface area contributed by atoms with Gasteiger partial charge in [0.1, 0.15) is 12.4 Å². The molecule has 0 unspecified atom stereocenters. The van der Waals surface area contributed by atoms with Crippen molar-refractivity contribution in [2.24, 2.45) is 11.7 Å². The van der Waals surface area contributed by atoms with E-state index in [-0.39, 0.29) is 29.2 Å². The first kappa shape index (κ1) is 25.0. The Hall–Kier alpha value is -3.67. The lowest BCUT2D eigenvalue weighted by atomic mass is 10.0. The maximum absolute atomic E-state index is 14.9. The van der Waals surface area contributed by atoms with Crippen molar-refractivity contribution in [3.05, 3.63) is 35.8 Å². The summed E-state index contributed by atoms with van der Waals surface area (Å²) in [6.07, 6.45) is 2.65. The Morgan fingerprint density at radius 3 is 2.68 bits per heavy atom. The molecule has 0 spiro atoms. The second kappa shape index (κ2) is 11.5. The average Bonchev–Trinajstić information content (AvgIpc) is 3.63. The Bertz CT molecular complexity index is 1020. The summed E-state index contributed by atoms with van der Waals surface area (Å²) in [5.41, 5.74) is 5.80. The van der Waals surface area contributed by atoms with Crippen molar-refractivity contribution in [3.8, 4) is 5.88 Å². The molecule has 1 aliphatic carbocycles. The predicted molar refractivity (Wildman–Crippen MR) is 123 cm³/mol. The summed E-state index contributed by atoms with van der Waals surface area (Å²) in [4.78, 5) is 31.6. The van der Waals surface area contributed by atoms with Crippen molar-refractivity contribution in [3.63, 3.8) is 0 Å². The highest BCUT2D eigenvalue weighted by atomic mass is 19.1. The van der Waals surface area contributed by atoms with Gasteiger partial charge in [-0.25, -0.2) is 19.2 Å². The van der Waals surface area contributed by atoms with Crippen LogP contribution in [0.5, 0.6) is 5.88 Å². The van der Waals surface area contributed by atoms with E-state index in [1.807, 2.05) is 6.92 Å². The maximum Gasteiger partial charge on any atom is 0.404 e. The Morgan fingerprint density at radius 1 is 1.29 bits per heavy atom. The Morgan fingerprint density at radius 2 is 2.06 bits per heavy atom. The smallest absolute Gasteiger partial charge is 0.404 e. The Balaban J connectivity index is 1.87. The molecule has 1 fully saturated rings. The summed E-state index contributed by atoms with van der Waals surface area (Å²) in [6.45, 7) is 2.53. The molecule has 11 nitrogen and oxygen atoms in total. The van der Waals surface area contributed by atoms with Crippen molar-refractivity contribution in [1.82, 2.24) is 15.3 Å². The lowest BCUT2D eigenvalue weighted by Crippen LogP contribution is -2.47. The zero-order valence-corrected chi connectivity index (χ0v) is 19.0. The first-order valence-corrected chi connectivity index (χ1v) is 10.9. The van der Waals surface area contributed by atoms with Gasteiger partial charge in [0.05, 0.1) is 24.3 Å². The molecule has 2 atom stereocenters. The summed E-state index contributed by atoms with van der Waals surface area (Å²) in [6, 6.07) is 3.42. The van der Waals surface area contributed by atoms with Crippen LogP contribution in [0, 0.1) is 11.7 Å². The third-order valence-electron chi connectivity index (χ3n) is 5.39. The molecule has 12 heteroatoms. The number of carboxylic acid groups (broad SMARTS) is 1. The van der Waals surface area contributed by atoms with Gasteiger partial charge < -0.3 is 36.3 Å². The minimum atomic E-state index is -1.15. The van der Waals surface area contributed by atoms with E-state index in [0.717, 1.165) is 18.9 Å². The lowest BCUT2D eigenvalue weighted by molar-refractivity contribution is 0.1000. The number of hydrogen-bond donors (Lipinski definition) is 5. The van der Waals surface area contributed by atoms with Crippen LogP contribution < -0.4 is 26.4 Å². The normalized spacial score (nSPS) is 14.7. The number of ether oxygens (including phenoxy) is 2. The Kier molecular flexibility index (Phi) is 8.41. The minimum absolute atomic E-state index is 0.0410. The molecule has 0 radical (unpaired) electrons. The molecule has 2 heterocycles. The molecule has 2 aromatic heterocycles. The SMILES string of the molecule is CC[C@H](NC(=O)O)[C@@H](Nc1nc(Nc2ccnc(OCCOC)c2)c(C(N)=O)cc1F)C1CC1. The van der Waals surface area contributed by atoms with Gasteiger partial charge in [-0.3, -0.25) is 4.79 Å². The third-order valence-corrected chi connectivity index (χ3v) is 5.39. The maximum atomic E-state index is 14.9. The first-order valence-electron chi connectivity index (χ1n) is 10.9. The number of nitrogens with two attached hydrogens (primary N) is 1. The topological polar surface area (TPSA) is 161 Å². The number of nitrogens with zero attached hydrogens (tertiary/aromatic N) is 2. The van der Waals surface area contributed by atoms with Gasteiger partial charge in [-0.1, -0.05) is 6.92 Å². The lowest BCUT2D eigenvalue weighted by Gasteiger charge is -2.28. The van der Waals surface area contributed by atoms with E-state index in [9.17, 15) is 19.1 Å². The summed E-state index contributed by atoms with van der Waals surface area (Å²) >= 11 is 0. The summed E-state index contributed by atoms with van der Waals surface area (Å²) < 4.78 is 25.3. The highest BCUT2D eigenvalue weighted by Crippen LogP contribution is 2.37. The zero-order chi connectivity index (χ0) is 24.7.